The molecule has 3 nitrogen and oxygen atoms in total. The molecule has 0 amide bonds. The van der Waals surface area contributed by atoms with Crippen LogP contribution in [0.2, 0.25) is 0 Å². The zero-order valence-electron chi connectivity index (χ0n) is 13.0. The van der Waals surface area contributed by atoms with Gasteiger partial charge in [-0.2, -0.15) is 0 Å². The minimum atomic E-state index is 0.0493. The maximum atomic E-state index is 6.21. The summed E-state index contributed by atoms with van der Waals surface area (Å²) in [6.07, 6.45) is 2.65. The Hall–Kier alpha value is -0.900. The van der Waals surface area contributed by atoms with Crippen molar-refractivity contribution in [1.82, 2.24) is 4.90 Å². The van der Waals surface area contributed by atoms with E-state index in [0.29, 0.717) is 6.54 Å². The molecular weight excluding hydrogens is 248 g/mol. The molecule has 1 saturated heterocycles. The average molecular weight is 276 g/mol. The van der Waals surface area contributed by atoms with E-state index in [-0.39, 0.29) is 17.7 Å². The van der Waals surface area contributed by atoms with Crippen LogP contribution >= 0.6 is 0 Å². The van der Waals surface area contributed by atoms with Gasteiger partial charge in [0.1, 0.15) is 0 Å². The lowest BCUT2D eigenvalue weighted by molar-refractivity contribution is -0.102. The fourth-order valence-corrected chi connectivity index (χ4v) is 3.35. The number of benzene rings is 1. The molecule has 1 aromatic carbocycles. The molecule has 0 aromatic heterocycles. The summed E-state index contributed by atoms with van der Waals surface area (Å²) in [4.78, 5) is 2.55. The average Bonchev–Trinajstić information content (AvgIpc) is 2.45. The van der Waals surface area contributed by atoms with Crippen LogP contribution in [0.15, 0.2) is 30.3 Å². The van der Waals surface area contributed by atoms with Gasteiger partial charge in [-0.3, -0.25) is 4.90 Å². The first-order chi connectivity index (χ1) is 9.59. The standard InChI is InChI=1S/C17H28N2O/c1-4-17(13-18,10-16-8-6-5-7-9-16)19-11-14(2)20-15(3)12-19/h5-9,14-15H,4,10-13,18H2,1-3H3. The fraction of sp³-hybridized carbons (Fsp3) is 0.647. The molecular formula is C17H28N2O. The minimum absolute atomic E-state index is 0.0493. The molecule has 3 heteroatoms. The van der Waals surface area contributed by atoms with Crippen molar-refractivity contribution >= 4 is 0 Å². The van der Waals surface area contributed by atoms with Crippen LogP contribution < -0.4 is 5.73 Å². The van der Waals surface area contributed by atoms with Crippen LogP contribution in [0.4, 0.5) is 0 Å². The van der Waals surface area contributed by atoms with Gasteiger partial charge in [0, 0.05) is 25.2 Å². The third-order valence-corrected chi connectivity index (χ3v) is 4.50. The van der Waals surface area contributed by atoms with Crippen LogP contribution in [0.5, 0.6) is 0 Å². The Labute approximate surface area is 123 Å². The van der Waals surface area contributed by atoms with Gasteiger partial charge >= 0.3 is 0 Å². The Balaban J connectivity index is 2.20. The molecule has 2 N–H and O–H groups in total. The number of rotatable bonds is 5. The topological polar surface area (TPSA) is 38.5 Å². The summed E-state index contributed by atoms with van der Waals surface area (Å²) in [7, 11) is 0. The van der Waals surface area contributed by atoms with Crippen molar-refractivity contribution < 1.29 is 4.74 Å². The normalized spacial score (nSPS) is 27.2. The SMILES string of the molecule is CCC(CN)(Cc1ccccc1)N1CC(C)OC(C)C1. The monoisotopic (exact) mass is 276 g/mol. The van der Waals surface area contributed by atoms with Gasteiger partial charge in [-0.15, -0.1) is 0 Å². The molecule has 1 aliphatic rings. The number of hydrogen-bond donors (Lipinski definition) is 1. The zero-order chi connectivity index (χ0) is 14.6. The van der Waals surface area contributed by atoms with Crippen LogP contribution in [0.25, 0.3) is 0 Å². The molecule has 0 radical (unpaired) electrons. The number of nitrogens with two attached hydrogens (primary N) is 1. The molecule has 0 saturated carbocycles. The zero-order valence-corrected chi connectivity index (χ0v) is 13.0. The van der Waals surface area contributed by atoms with Crippen molar-refractivity contribution in [2.45, 2.75) is 51.4 Å². The minimum Gasteiger partial charge on any atom is -0.373 e. The van der Waals surface area contributed by atoms with E-state index in [1.54, 1.807) is 0 Å². The van der Waals surface area contributed by atoms with E-state index < -0.39 is 0 Å². The molecule has 1 aliphatic heterocycles. The fourth-order valence-electron chi connectivity index (χ4n) is 3.35. The summed E-state index contributed by atoms with van der Waals surface area (Å²) in [5.74, 6) is 0. The second-order valence-electron chi connectivity index (χ2n) is 6.11. The molecule has 1 heterocycles. The summed E-state index contributed by atoms with van der Waals surface area (Å²) in [6, 6.07) is 10.7. The Bertz CT molecular complexity index is 393. The maximum Gasteiger partial charge on any atom is 0.0678 e. The molecule has 1 aromatic rings. The molecule has 0 bridgehead atoms. The summed E-state index contributed by atoms with van der Waals surface area (Å²) in [5.41, 5.74) is 7.62. The van der Waals surface area contributed by atoms with Crippen molar-refractivity contribution in [3.8, 4) is 0 Å². The van der Waals surface area contributed by atoms with Crippen LogP contribution in [0.3, 0.4) is 0 Å². The van der Waals surface area contributed by atoms with Gasteiger partial charge in [0.2, 0.25) is 0 Å². The number of morpholine rings is 1. The highest BCUT2D eigenvalue weighted by atomic mass is 16.5. The third-order valence-electron chi connectivity index (χ3n) is 4.50. The van der Waals surface area contributed by atoms with Crippen molar-refractivity contribution in [3.63, 3.8) is 0 Å². The van der Waals surface area contributed by atoms with Gasteiger partial charge in [-0.1, -0.05) is 37.3 Å². The van der Waals surface area contributed by atoms with E-state index in [9.17, 15) is 0 Å². The molecule has 0 spiro atoms. The van der Waals surface area contributed by atoms with E-state index in [0.717, 1.165) is 25.9 Å². The lowest BCUT2D eigenvalue weighted by atomic mass is 9.85. The number of nitrogens with zero attached hydrogens (tertiary/aromatic N) is 1. The van der Waals surface area contributed by atoms with Gasteiger partial charge in [0.25, 0.3) is 0 Å². The van der Waals surface area contributed by atoms with Crippen molar-refractivity contribution in [2.24, 2.45) is 5.73 Å². The van der Waals surface area contributed by atoms with Gasteiger partial charge < -0.3 is 10.5 Å². The highest BCUT2D eigenvalue weighted by Crippen LogP contribution is 2.27. The van der Waals surface area contributed by atoms with Crippen LogP contribution in [0, 0.1) is 0 Å². The Morgan fingerprint density at radius 1 is 1.20 bits per heavy atom. The molecule has 2 rings (SSSR count). The number of ether oxygens (including phenoxy) is 1. The Morgan fingerprint density at radius 3 is 2.30 bits per heavy atom. The van der Waals surface area contributed by atoms with Gasteiger partial charge in [0.05, 0.1) is 12.2 Å². The smallest absolute Gasteiger partial charge is 0.0678 e. The summed E-state index contributed by atoms with van der Waals surface area (Å²) >= 11 is 0. The largest absolute Gasteiger partial charge is 0.373 e. The molecule has 3 unspecified atom stereocenters. The van der Waals surface area contributed by atoms with E-state index in [1.807, 2.05) is 0 Å². The molecule has 112 valence electrons. The number of hydrogen-bond acceptors (Lipinski definition) is 3. The lowest BCUT2D eigenvalue weighted by Crippen LogP contribution is -2.61. The second-order valence-corrected chi connectivity index (χ2v) is 6.11. The Morgan fingerprint density at radius 2 is 1.80 bits per heavy atom. The van der Waals surface area contributed by atoms with Gasteiger partial charge in [-0.25, -0.2) is 0 Å². The molecule has 20 heavy (non-hydrogen) atoms. The Kier molecular flexibility index (Phi) is 5.19. The first kappa shape index (κ1) is 15.5. The van der Waals surface area contributed by atoms with Crippen LogP contribution in [0.1, 0.15) is 32.8 Å². The summed E-state index contributed by atoms with van der Waals surface area (Å²) in [6.45, 7) is 9.20. The molecule has 3 atom stereocenters. The van der Waals surface area contributed by atoms with Crippen LogP contribution in [-0.2, 0) is 11.2 Å². The van der Waals surface area contributed by atoms with Crippen molar-refractivity contribution in [3.05, 3.63) is 35.9 Å². The van der Waals surface area contributed by atoms with Crippen molar-refractivity contribution in [1.29, 1.82) is 0 Å². The molecule has 1 fully saturated rings. The van der Waals surface area contributed by atoms with Gasteiger partial charge in [0.15, 0.2) is 0 Å². The predicted octanol–water partition coefficient (Wildman–Crippen LogP) is 2.45. The summed E-state index contributed by atoms with van der Waals surface area (Å²) in [5, 5.41) is 0. The second kappa shape index (κ2) is 6.70. The van der Waals surface area contributed by atoms with Crippen molar-refractivity contribution in [2.75, 3.05) is 19.6 Å². The van der Waals surface area contributed by atoms with Gasteiger partial charge in [-0.05, 0) is 32.3 Å². The predicted molar refractivity (Wildman–Crippen MR) is 83.8 cm³/mol. The van der Waals surface area contributed by atoms with E-state index in [4.69, 9.17) is 10.5 Å². The highest BCUT2D eigenvalue weighted by molar-refractivity contribution is 5.18. The van der Waals surface area contributed by atoms with E-state index >= 15 is 0 Å². The van der Waals surface area contributed by atoms with E-state index in [1.165, 1.54) is 5.56 Å². The maximum absolute atomic E-state index is 6.21. The first-order valence-electron chi connectivity index (χ1n) is 7.74. The highest BCUT2D eigenvalue weighted by Gasteiger charge is 2.38. The van der Waals surface area contributed by atoms with Crippen LogP contribution in [-0.4, -0.2) is 42.3 Å². The van der Waals surface area contributed by atoms with E-state index in [2.05, 4.69) is 56.0 Å². The first-order valence-corrected chi connectivity index (χ1v) is 7.74. The third kappa shape index (κ3) is 3.40. The lowest BCUT2D eigenvalue weighted by Gasteiger charge is -2.48. The quantitative estimate of drug-likeness (QED) is 0.898. The molecule has 0 aliphatic carbocycles. The summed E-state index contributed by atoms with van der Waals surface area (Å²) < 4.78 is 5.87.